The molecule has 0 heterocycles. The molecule has 0 aliphatic rings. The second-order valence-electron chi connectivity index (χ2n) is 4.64. The van der Waals surface area contributed by atoms with Gasteiger partial charge < -0.3 is 5.11 Å². The van der Waals surface area contributed by atoms with E-state index in [2.05, 4.69) is 20.7 Å². The average molecular weight is 350 g/mol. The van der Waals surface area contributed by atoms with E-state index in [0.717, 1.165) is 0 Å². The molecule has 0 aliphatic heterocycles. The van der Waals surface area contributed by atoms with Gasteiger partial charge in [-0.1, -0.05) is 29.8 Å². The molecule has 0 atom stereocenters. The van der Waals surface area contributed by atoms with Crippen LogP contribution in [-0.2, 0) is 10.0 Å². The van der Waals surface area contributed by atoms with Gasteiger partial charge in [-0.05, 0) is 30.5 Å². The molecular weight excluding hydrogens is 334 g/mol. The first kappa shape index (κ1) is 16.0. The maximum atomic E-state index is 11.8. The largest absolute Gasteiger partial charge is 0.478 e. The van der Waals surface area contributed by atoms with Gasteiger partial charge in [-0.15, -0.1) is 0 Å². The average Bonchev–Trinajstić information content (AvgIpc) is 2.25. The zero-order valence-electron chi connectivity index (χ0n) is 10.7. The summed E-state index contributed by atoms with van der Waals surface area (Å²) in [5.41, 5.74) is 0.270. The predicted molar refractivity (Wildman–Crippen MR) is 78.0 cm³/mol. The summed E-state index contributed by atoms with van der Waals surface area (Å²) in [6.07, 6.45) is 0.551. The number of carboxylic acid groups (broad SMARTS) is 1. The number of hydrogen-bond acceptors (Lipinski definition) is 3. The predicted octanol–water partition coefficient (Wildman–Crippen LogP) is 2.94. The minimum absolute atomic E-state index is 0.0135. The molecule has 1 rings (SSSR count). The standard InChI is InChI=1S/C12H16BrNO4S/c1-8(2)3-4-19(17,18)14-11-6-9(12(15)16)5-10(13)7-11/h5-8,14H,3-4H2,1-2H3,(H,15,16). The highest BCUT2D eigenvalue weighted by atomic mass is 79.9. The SMILES string of the molecule is CC(C)CCS(=O)(=O)Nc1cc(Br)cc(C(=O)O)c1. The quantitative estimate of drug-likeness (QED) is 0.826. The highest BCUT2D eigenvalue weighted by molar-refractivity contribution is 9.10. The Morgan fingerprint density at radius 3 is 2.53 bits per heavy atom. The van der Waals surface area contributed by atoms with Crippen LogP contribution in [0, 0.1) is 5.92 Å². The Bertz CT molecular complexity index is 569. The molecule has 0 spiro atoms. The maximum Gasteiger partial charge on any atom is 0.335 e. The first-order chi connectivity index (χ1) is 8.69. The molecule has 1 aromatic carbocycles. The molecule has 0 amide bonds. The zero-order chi connectivity index (χ0) is 14.6. The molecule has 106 valence electrons. The van der Waals surface area contributed by atoms with E-state index in [0.29, 0.717) is 10.9 Å². The van der Waals surface area contributed by atoms with Crippen LogP contribution in [0.3, 0.4) is 0 Å². The number of benzene rings is 1. The lowest BCUT2D eigenvalue weighted by atomic mass is 10.2. The van der Waals surface area contributed by atoms with Crippen molar-refractivity contribution in [1.82, 2.24) is 0 Å². The molecule has 0 unspecified atom stereocenters. The Hall–Kier alpha value is -1.08. The number of rotatable bonds is 6. The summed E-state index contributed by atoms with van der Waals surface area (Å²) in [5.74, 6) is -0.808. The van der Waals surface area contributed by atoms with Gasteiger partial charge in [0, 0.05) is 4.47 Å². The Labute approximate surface area is 121 Å². The normalized spacial score (nSPS) is 11.6. The molecular formula is C12H16BrNO4S. The molecule has 2 N–H and O–H groups in total. The Morgan fingerprint density at radius 1 is 1.37 bits per heavy atom. The summed E-state index contributed by atoms with van der Waals surface area (Å²) in [4.78, 5) is 10.9. The summed E-state index contributed by atoms with van der Waals surface area (Å²) >= 11 is 3.15. The second-order valence-corrected chi connectivity index (χ2v) is 7.39. The van der Waals surface area contributed by atoms with Crippen LogP contribution in [0.5, 0.6) is 0 Å². The maximum absolute atomic E-state index is 11.8. The van der Waals surface area contributed by atoms with Crippen molar-refractivity contribution in [3.63, 3.8) is 0 Å². The number of sulfonamides is 1. The van der Waals surface area contributed by atoms with Gasteiger partial charge >= 0.3 is 5.97 Å². The van der Waals surface area contributed by atoms with Crippen molar-refractivity contribution < 1.29 is 18.3 Å². The summed E-state index contributed by atoms with van der Waals surface area (Å²) in [6, 6.07) is 4.23. The van der Waals surface area contributed by atoms with Gasteiger partial charge in [-0.3, -0.25) is 4.72 Å². The number of hydrogen-bond donors (Lipinski definition) is 2. The fourth-order valence-corrected chi connectivity index (χ4v) is 3.25. The van der Waals surface area contributed by atoms with Crippen molar-refractivity contribution in [3.05, 3.63) is 28.2 Å². The molecule has 0 bridgehead atoms. The van der Waals surface area contributed by atoms with Gasteiger partial charge in [-0.25, -0.2) is 13.2 Å². The zero-order valence-corrected chi connectivity index (χ0v) is 13.1. The Kier molecular flexibility index (Phi) is 5.37. The summed E-state index contributed by atoms with van der Waals surface area (Å²) in [6.45, 7) is 3.88. The van der Waals surface area contributed by atoms with Crippen LogP contribution < -0.4 is 4.72 Å². The number of halogens is 1. The van der Waals surface area contributed by atoms with E-state index >= 15 is 0 Å². The molecule has 0 radical (unpaired) electrons. The third-order valence-electron chi connectivity index (χ3n) is 2.38. The Morgan fingerprint density at radius 2 is 2.00 bits per heavy atom. The number of carboxylic acids is 1. The lowest BCUT2D eigenvalue weighted by Gasteiger charge is -2.10. The van der Waals surface area contributed by atoms with E-state index in [1.54, 1.807) is 0 Å². The molecule has 0 saturated carbocycles. The number of anilines is 1. The van der Waals surface area contributed by atoms with Crippen LogP contribution in [0.2, 0.25) is 0 Å². The van der Waals surface area contributed by atoms with Crippen LogP contribution >= 0.6 is 15.9 Å². The topological polar surface area (TPSA) is 83.5 Å². The number of carbonyl (C=O) groups is 1. The molecule has 1 aromatic rings. The van der Waals surface area contributed by atoms with Crippen molar-refractivity contribution in [3.8, 4) is 0 Å². The third-order valence-corrected chi connectivity index (χ3v) is 4.16. The second kappa shape index (κ2) is 6.38. The van der Waals surface area contributed by atoms with Crippen molar-refractivity contribution in [2.45, 2.75) is 20.3 Å². The van der Waals surface area contributed by atoms with E-state index < -0.39 is 16.0 Å². The summed E-state index contributed by atoms with van der Waals surface area (Å²) in [5, 5.41) is 8.91. The molecule has 19 heavy (non-hydrogen) atoms. The Balaban J connectivity index is 2.90. The lowest BCUT2D eigenvalue weighted by molar-refractivity contribution is 0.0697. The summed E-state index contributed by atoms with van der Waals surface area (Å²) in [7, 11) is -3.45. The van der Waals surface area contributed by atoms with E-state index in [-0.39, 0.29) is 22.9 Å². The van der Waals surface area contributed by atoms with Crippen molar-refractivity contribution in [2.75, 3.05) is 10.5 Å². The number of nitrogens with one attached hydrogen (secondary N) is 1. The molecule has 0 saturated heterocycles. The van der Waals surface area contributed by atoms with Crippen LogP contribution in [0.1, 0.15) is 30.6 Å². The summed E-state index contributed by atoms with van der Waals surface area (Å²) < 4.78 is 26.5. The van der Waals surface area contributed by atoms with E-state index in [9.17, 15) is 13.2 Å². The first-order valence-electron chi connectivity index (χ1n) is 5.74. The van der Waals surface area contributed by atoms with Gasteiger partial charge in [0.1, 0.15) is 0 Å². The molecule has 7 heteroatoms. The van der Waals surface area contributed by atoms with Gasteiger partial charge in [0.2, 0.25) is 10.0 Å². The van der Waals surface area contributed by atoms with E-state index in [1.165, 1.54) is 18.2 Å². The van der Waals surface area contributed by atoms with Crippen LogP contribution in [0.4, 0.5) is 5.69 Å². The van der Waals surface area contributed by atoms with Gasteiger partial charge in [0.25, 0.3) is 0 Å². The van der Waals surface area contributed by atoms with Crippen LogP contribution in [0.25, 0.3) is 0 Å². The smallest absolute Gasteiger partial charge is 0.335 e. The van der Waals surface area contributed by atoms with Gasteiger partial charge in [0.15, 0.2) is 0 Å². The lowest BCUT2D eigenvalue weighted by Crippen LogP contribution is -2.18. The van der Waals surface area contributed by atoms with E-state index in [4.69, 9.17) is 5.11 Å². The van der Waals surface area contributed by atoms with Crippen molar-refractivity contribution in [2.24, 2.45) is 5.92 Å². The van der Waals surface area contributed by atoms with Crippen LogP contribution in [-0.4, -0.2) is 25.2 Å². The minimum Gasteiger partial charge on any atom is -0.478 e. The fourth-order valence-electron chi connectivity index (χ4n) is 1.39. The van der Waals surface area contributed by atoms with Crippen molar-refractivity contribution in [1.29, 1.82) is 0 Å². The van der Waals surface area contributed by atoms with E-state index in [1.807, 2.05) is 13.8 Å². The van der Waals surface area contributed by atoms with Gasteiger partial charge in [0.05, 0.1) is 17.0 Å². The molecule has 0 aliphatic carbocycles. The van der Waals surface area contributed by atoms with Gasteiger partial charge in [-0.2, -0.15) is 0 Å². The fraction of sp³-hybridized carbons (Fsp3) is 0.417. The highest BCUT2D eigenvalue weighted by Gasteiger charge is 2.13. The number of aromatic carboxylic acids is 1. The minimum atomic E-state index is -3.45. The molecule has 0 aromatic heterocycles. The first-order valence-corrected chi connectivity index (χ1v) is 8.18. The molecule has 0 fully saturated rings. The highest BCUT2D eigenvalue weighted by Crippen LogP contribution is 2.21. The monoisotopic (exact) mass is 349 g/mol. The van der Waals surface area contributed by atoms with Crippen LogP contribution in [0.15, 0.2) is 22.7 Å². The molecule has 5 nitrogen and oxygen atoms in total. The van der Waals surface area contributed by atoms with Crippen molar-refractivity contribution >= 4 is 37.6 Å². The third kappa shape index (κ3) is 5.61.